The molecule has 1 aromatic carbocycles. The van der Waals surface area contributed by atoms with Crippen molar-refractivity contribution in [1.29, 1.82) is 0 Å². The van der Waals surface area contributed by atoms with Gasteiger partial charge in [-0.15, -0.1) is 0 Å². The van der Waals surface area contributed by atoms with Crippen LogP contribution >= 0.6 is 0 Å². The molecule has 0 radical (unpaired) electrons. The molecule has 0 bridgehead atoms. The predicted molar refractivity (Wildman–Crippen MR) is 82.7 cm³/mol. The van der Waals surface area contributed by atoms with E-state index in [1.54, 1.807) is 0 Å². The second kappa shape index (κ2) is 6.86. The Morgan fingerprint density at radius 2 is 2.05 bits per heavy atom. The number of hydrogen-bond donors (Lipinski definition) is 1. The Hall–Kier alpha value is -1.39. The van der Waals surface area contributed by atoms with Crippen molar-refractivity contribution in [3.63, 3.8) is 0 Å². The van der Waals surface area contributed by atoms with Crippen LogP contribution in [0, 0.1) is 5.92 Å². The van der Waals surface area contributed by atoms with Gasteiger partial charge < -0.3 is 10.6 Å². The number of piperidine rings is 1. The van der Waals surface area contributed by atoms with Crippen LogP contribution in [0.4, 0.5) is 5.69 Å². The quantitative estimate of drug-likeness (QED) is 0.910. The van der Waals surface area contributed by atoms with E-state index in [1.165, 1.54) is 0 Å². The van der Waals surface area contributed by atoms with Crippen LogP contribution in [0.3, 0.4) is 0 Å². The largest absolute Gasteiger partial charge is 0.327 e. The Morgan fingerprint density at radius 3 is 2.65 bits per heavy atom. The van der Waals surface area contributed by atoms with Crippen molar-refractivity contribution in [3.05, 3.63) is 30.3 Å². The van der Waals surface area contributed by atoms with Gasteiger partial charge in [-0.05, 0) is 31.4 Å². The Bertz CT molecular complexity index is 425. The standard InChI is InChI=1S/C16H25N3O/c1-3-19(15-7-5-4-6-8-15)16(20)12-18-10-13(2)9-14(17)11-18/h4-8,13-14H,3,9-12,17H2,1-2H3. The summed E-state index contributed by atoms with van der Waals surface area (Å²) < 4.78 is 0. The van der Waals surface area contributed by atoms with Gasteiger partial charge in [0.1, 0.15) is 0 Å². The van der Waals surface area contributed by atoms with Crippen LogP contribution in [-0.4, -0.2) is 43.0 Å². The zero-order valence-electron chi connectivity index (χ0n) is 12.5. The average molecular weight is 275 g/mol. The summed E-state index contributed by atoms with van der Waals surface area (Å²) in [6.07, 6.45) is 1.06. The highest BCUT2D eigenvalue weighted by molar-refractivity contribution is 5.94. The van der Waals surface area contributed by atoms with Crippen molar-refractivity contribution in [2.24, 2.45) is 11.7 Å². The lowest BCUT2D eigenvalue weighted by Gasteiger charge is -2.35. The third kappa shape index (κ3) is 3.81. The van der Waals surface area contributed by atoms with Crippen molar-refractivity contribution >= 4 is 11.6 Å². The molecule has 4 heteroatoms. The molecular weight excluding hydrogens is 250 g/mol. The molecule has 1 heterocycles. The number of carbonyl (C=O) groups excluding carboxylic acids is 1. The number of carbonyl (C=O) groups is 1. The lowest BCUT2D eigenvalue weighted by molar-refractivity contribution is -0.120. The molecule has 2 unspecified atom stereocenters. The van der Waals surface area contributed by atoms with Crippen molar-refractivity contribution in [2.75, 3.05) is 31.1 Å². The van der Waals surface area contributed by atoms with E-state index in [-0.39, 0.29) is 11.9 Å². The fraction of sp³-hybridized carbons (Fsp3) is 0.562. The molecule has 1 aliphatic heterocycles. The van der Waals surface area contributed by atoms with E-state index in [9.17, 15) is 4.79 Å². The van der Waals surface area contributed by atoms with Crippen LogP contribution in [-0.2, 0) is 4.79 Å². The Kier molecular flexibility index (Phi) is 5.15. The van der Waals surface area contributed by atoms with Gasteiger partial charge in [0.2, 0.25) is 5.91 Å². The highest BCUT2D eigenvalue weighted by Gasteiger charge is 2.25. The maximum Gasteiger partial charge on any atom is 0.241 e. The molecule has 0 saturated carbocycles. The lowest BCUT2D eigenvalue weighted by atomic mass is 9.96. The number of nitrogens with two attached hydrogens (primary N) is 1. The minimum Gasteiger partial charge on any atom is -0.327 e. The molecule has 110 valence electrons. The zero-order chi connectivity index (χ0) is 14.5. The topological polar surface area (TPSA) is 49.6 Å². The van der Waals surface area contributed by atoms with E-state index in [2.05, 4.69) is 11.8 Å². The number of hydrogen-bond acceptors (Lipinski definition) is 3. The van der Waals surface area contributed by atoms with Crippen LogP contribution < -0.4 is 10.6 Å². The molecular formula is C16H25N3O. The van der Waals surface area contributed by atoms with E-state index < -0.39 is 0 Å². The van der Waals surface area contributed by atoms with E-state index >= 15 is 0 Å². The molecule has 1 aliphatic rings. The Labute approximate surface area is 121 Å². The second-order valence-corrected chi connectivity index (χ2v) is 5.77. The second-order valence-electron chi connectivity index (χ2n) is 5.77. The van der Waals surface area contributed by atoms with Crippen LogP contribution in [0.25, 0.3) is 0 Å². The summed E-state index contributed by atoms with van der Waals surface area (Å²) in [5.74, 6) is 0.721. The molecule has 1 aromatic rings. The molecule has 0 spiro atoms. The zero-order valence-corrected chi connectivity index (χ0v) is 12.5. The summed E-state index contributed by atoms with van der Waals surface area (Å²) in [5, 5.41) is 0. The maximum atomic E-state index is 12.5. The minimum absolute atomic E-state index is 0.153. The van der Waals surface area contributed by atoms with E-state index in [0.717, 1.165) is 25.2 Å². The third-order valence-electron chi connectivity index (χ3n) is 3.81. The molecule has 2 N–H and O–H groups in total. The van der Waals surface area contributed by atoms with Gasteiger partial charge in [0.05, 0.1) is 6.54 Å². The first-order valence-corrected chi connectivity index (χ1v) is 7.43. The third-order valence-corrected chi connectivity index (χ3v) is 3.81. The number of nitrogens with zero attached hydrogens (tertiary/aromatic N) is 2. The molecule has 4 nitrogen and oxygen atoms in total. The smallest absolute Gasteiger partial charge is 0.241 e. The lowest BCUT2D eigenvalue weighted by Crippen LogP contribution is -2.50. The van der Waals surface area contributed by atoms with Crippen molar-refractivity contribution < 1.29 is 4.79 Å². The summed E-state index contributed by atoms with van der Waals surface area (Å²) in [5.41, 5.74) is 7.01. The predicted octanol–water partition coefficient (Wildman–Crippen LogP) is 1.71. The molecule has 1 amide bonds. The molecule has 2 rings (SSSR count). The highest BCUT2D eigenvalue weighted by atomic mass is 16.2. The van der Waals surface area contributed by atoms with Gasteiger partial charge in [0.15, 0.2) is 0 Å². The first-order chi connectivity index (χ1) is 9.60. The van der Waals surface area contributed by atoms with E-state index in [1.807, 2.05) is 42.2 Å². The Balaban J connectivity index is 1.99. The van der Waals surface area contributed by atoms with E-state index in [0.29, 0.717) is 19.0 Å². The SMILES string of the molecule is CCN(C(=O)CN1CC(C)CC(N)C1)c1ccccc1. The van der Waals surface area contributed by atoms with Crippen molar-refractivity contribution in [2.45, 2.75) is 26.3 Å². The van der Waals surface area contributed by atoms with Crippen molar-refractivity contribution in [1.82, 2.24) is 4.90 Å². The van der Waals surface area contributed by atoms with Crippen molar-refractivity contribution in [3.8, 4) is 0 Å². The number of benzene rings is 1. The van der Waals surface area contributed by atoms with Gasteiger partial charge in [-0.2, -0.15) is 0 Å². The number of likely N-dealkylation sites (N-methyl/N-ethyl adjacent to an activating group) is 1. The van der Waals surface area contributed by atoms with Gasteiger partial charge in [-0.1, -0.05) is 25.1 Å². The molecule has 0 aliphatic carbocycles. The van der Waals surface area contributed by atoms with Gasteiger partial charge in [-0.25, -0.2) is 0 Å². The first kappa shape index (κ1) is 15.0. The molecule has 2 atom stereocenters. The first-order valence-electron chi connectivity index (χ1n) is 7.43. The normalized spacial score (nSPS) is 23.6. The minimum atomic E-state index is 0.153. The van der Waals surface area contributed by atoms with Crippen LogP contribution in [0.1, 0.15) is 20.3 Å². The summed E-state index contributed by atoms with van der Waals surface area (Å²) in [6, 6.07) is 10.0. The highest BCUT2D eigenvalue weighted by Crippen LogP contribution is 2.17. The van der Waals surface area contributed by atoms with Gasteiger partial charge in [-0.3, -0.25) is 9.69 Å². The van der Waals surface area contributed by atoms with Crippen LogP contribution in [0.15, 0.2) is 30.3 Å². The maximum absolute atomic E-state index is 12.5. The fourth-order valence-electron chi connectivity index (χ4n) is 3.03. The Morgan fingerprint density at radius 1 is 1.35 bits per heavy atom. The van der Waals surface area contributed by atoms with Gasteiger partial charge in [0, 0.05) is 31.4 Å². The number of anilines is 1. The monoisotopic (exact) mass is 275 g/mol. The number of para-hydroxylation sites is 1. The van der Waals surface area contributed by atoms with Crippen LogP contribution in [0.5, 0.6) is 0 Å². The fourth-order valence-corrected chi connectivity index (χ4v) is 3.03. The molecule has 1 saturated heterocycles. The van der Waals surface area contributed by atoms with E-state index in [4.69, 9.17) is 5.73 Å². The molecule has 0 aromatic heterocycles. The summed E-state index contributed by atoms with van der Waals surface area (Å²) in [7, 11) is 0. The average Bonchev–Trinajstić information content (AvgIpc) is 2.39. The number of rotatable bonds is 4. The van der Waals surface area contributed by atoms with Gasteiger partial charge in [0.25, 0.3) is 0 Å². The van der Waals surface area contributed by atoms with Gasteiger partial charge >= 0.3 is 0 Å². The summed E-state index contributed by atoms with van der Waals surface area (Å²) in [4.78, 5) is 16.5. The summed E-state index contributed by atoms with van der Waals surface area (Å²) in [6.45, 7) is 7.15. The number of likely N-dealkylation sites (tertiary alicyclic amines) is 1. The summed E-state index contributed by atoms with van der Waals surface area (Å²) >= 11 is 0. The molecule has 1 fully saturated rings. The molecule has 20 heavy (non-hydrogen) atoms. The van der Waals surface area contributed by atoms with Crippen LogP contribution in [0.2, 0.25) is 0 Å². The number of amides is 1.